The van der Waals surface area contributed by atoms with Gasteiger partial charge in [0.2, 0.25) is 0 Å². The van der Waals surface area contributed by atoms with E-state index in [4.69, 9.17) is 4.74 Å². The largest absolute Gasteiger partial charge is 0.491 e. The van der Waals surface area contributed by atoms with Crippen molar-refractivity contribution in [2.24, 2.45) is 11.8 Å². The Morgan fingerprint density at radius 3 is 2.47 bits per heavy atom. The van der Waals surface area contributed by atoms with Gasteiger partial charge in [-0.15, -0.1) is 0 Å². The summed E-state index contributed by atoms with van der Waals surface area (Å²) in [6.45, 7) is 2.49. The molecule has 2 aromatic rings. The van der Waals surface area contributed by atoms with Gasteiger partial charge in [-0.25, -0.2) is 0 Å². The van der Waals surface area contributed by atoms with Crippen LogP contribution in [0.5, 0.6) is 5.75 Å². The molecule has 5 atom stereocenters. The fourth-order valence-corrected chi connectivity index (χ4v) is 5.23. The Balaban J connectivity index is 1.51. The highest BCUT2D eigenvalue weighted by atomic mass is 16.5. The molecule has 6 nitrogen and oxygen atoms in total. The summed E-state index contributed by atoms with van der Waals surface area (Å²) in [5, 5.41) is 15.5. The minimum absolute atomic E-state index is 0.120. The lowest BCUT2D eigenvalue weighted by Crippen LogP contribution is -2.31. The van der Waals surface area contributed by atoms with Crippen LogP contribution in [0.4, 0.5) is 0 Å². The van der Waals surface area contributed by atoms with Crippen LogP contribution in [0.15, 0.2) is 42.5 Å². The minimum Gasteiger partial charge on any atom is -0.491 e. The number of ether oxygens (including phenoxy) is 1. The van der Waals surface area contributed by atoms with Crippen LogP contribution >= 0.6 is 0 Å². The lowest BCUT2D eigenvalue weighted by molar-refractivity contribution is 0.0937. The molecule has 0 spiro atoms. The van der Waals surface area contributed by atoms with Gasteiger partial charge in [-0.1, -0.05) is 30.3 Å². The van der Waals surface area contributed by atoms with Crippen LogP contribution in [0.1, 0.15) is 51.6 Å². The van der Waals surface area contributed by atoms with Gasteiger partial charge in [0.05, 0.1) is 17.1 Å². The number of hydrogen-bond donors (Lipinski definition) is 3. The predicted molar refractivity (Wildman–Crippen MR) is 112 cm³/mol. The second-order valence-corrected chi connectivity index (χ2v) is 8.92. The number of benzene rings is 2. The first-order valence-electron chi connectivity index (χ1n) is 10.5. The van der Waals surface area contributed by atoms with Crippen LogP contribution in [0, 0.1) is 11.8 Å². The van der Waals surface area contributed by atoms with Gasteiger partial charge < -0.3 is 20.5 Å². The lowest BCUT2D eigenvalue weighted by Gasteiger charge is -2.24. The normalized spacial score (nSPS) is 30.8. The first-order valence-corrected chi connectivity index (χ1v) is 10.5. The number of nitrogens with one attached hydrogen (secondary N) is 2. The molecule has 1 aliphatic heterocycles. The Hall–Kier alpha value is -2.86. The van der Waals surface area contributed by atoms with E-state index in [1.807, 2.05) is 36.4 Å². The quantitative estimate of drug-likeness (QED) is 0.727. The molecule has 5 rings (SSSR count). The van der Waals surface area contributed by atoms with E-state index >= 15 is 0 Å². The maximum absolute atomic E-state index is 13.1. The summed E-state index contributed by atoms with van der Waals surface area (Å²) in [7, 11) is 1.57. The first kappa shape index (κ1) is 19.1. The molecule has 6 heteroatoms. The highest BCUT2D eigenvalue weighted by Gasteiger charge is 2.56. The van der Waals surface area contributed by atoms with E-state index in [0.717, 1.165) is 24.0 Å². The standard InChI is InChI=1S/C24H26N2O4/c1-24(14-6-4-3-5-7-14)12-30-21-18(23(29)25-2)8-13(9-19(21)24)22(28)26-20-16-10-15(27)11-17(16)20/h3-9,15-17,20,27H,10-12H2,1-2H3,(H,25,29)(H,26,28)/t15?,16-,17+,20?,24?. The lowest BCUT2D eigenvalue weighted by atomic mass is 9.77. The van der Waals surface area contributed by atoms with Crippen molar-refractivity contribution < 1.29 is 19.4 Å². The van der Waals surface area contributed by atoms with Crippen molar-refractivity contribution in [3.05, 3.63) is 64.7 Å². The third kappa shape index (κ3) is 2.89. The number of carbonyl (C=O) groups is 2. The highest BCUT2D eigenvalue weighted by molar-refractivity contribution is 6.02. The first-order chi connectivity index (χ1) is 14.4. The zero-order valence-electron chi connectivity index (χ0n) is 17.1. The van der Waals surface area contributed by atoms with Crippen molar-refractivity contribution in [2.45, 2.75) is 37.3 Å². The van der Waals surface area contributed by atoms with Crippen LogP contribution in [-0.4, -0.2) is 42.7 Å². The number of rotatable bonds is 4. The van der Waals surface area contributed by atoms with E-state index in [0.29, 0.717) is 35.3 Å². The molecule has 3 aliphatic rings. The molecule has 156 valence electrons. The summed E-state index contributed by atoms with van der Waals surface area (Å²) in [5.41, 5.74) is 2.33. The van der Waals surface area contributed by atoms with E-state index in [2.05, 4.69) is 17.6 Å². The number of carbonyl (C=O) groups excluding carboxylic acids is 2. The Morgan fingerprint density at radius 2 is 1.80 bits per heavy atom. The minimum atomic E-state index is -0.449. The molecule has 2 saturated carbocycles. The Kier molecular flexibility index (Phi) is 4.36. The maximum atomic E-state index is 13.1. The number of fused-ring (bicyclic) bond motifs is 2. The van der Waals surface area contributed by atoms with Crippen molar-refractivity contribution >= 4 is 11.8 Å². The van der Waals surface area contributed by atoms with Gasteiger partial charge in [0.1, 0.15) is 12.4 Å². The summed E-state index contributed by atoms with van der Waals surface area (Å²) in [6.07, 6.45) is 1.27. The molecule has 2 aliphatic carbocycles. The van der Waals surface area contributed by atoms with E-state index in [-0.39, 0.29) is 24.0 Å². The van der Waals surface area contributed by atoms with E-state index in [1.165, 1.54) is 0 Å². The summed E-state index contributed by atoms with van der Waals surface area (Å²) in [6, 6.07) is 13.6. The third-order valence-corrected chi connectivity index (χ3v) is 7.05. The molecule has 0 radical (unpaired) electrons. The van der Waals surface area contributed by atoms with E-state index in [9.17, 15) is 14.7 Å². The fourth-order valence-electron chi connectivity index (χ4n) is 5.23. The van der Waals surface area contributed by atoms with E-state index < -0.39 is 5.41 Å². The molecule has 0 aromatic heterocycles. The second-order valence-electron chi connectivity index (χ2n) is 8.92. The van der Waals surface area contributed by atoms with Crippen molar-refractivity contribution in [3.8, 4) is 5.75 Å². The average Bonchev–Trinajstić information content (AvgIpc) is 3.08. The van der Waals surface area contributed by atoms with Crippen molar-refractivity contribution in [2.75, 3.05) is 13.7 Å². The topological polar surface area (TPSA) is 87.7 Å². The predicted octanol–water partition coefficient (Wildman–Crippen LogP) is 2.24. The highest BCUT2D eigenvalue weighted by Crippen LogP contribution is 2.52. The van der Waals surface area contributed by atoms with Crippen LogP contribution in [-0.2, 0) is 5.41 Å². The monoisotopic (exact) mass is 406 g/mol. The van der Waals surface area contributed by atoms with Crippen molar-refractivity contribution in [1.82, 2.24) is 10.6 Å². The molecule has 0 bridgehead atoms. The Labute approximate surface area is 175 Å². The second kappa shape index (κ2) is 6.84. The zero-order valence-corrected chi connectivity index (χ0v) is 17.1. The number of aliphatic hydroxyl groups excluding tert-OH is 1. The average molecular weight is 406 g/mol. The van der Waals surface area contributed by atoms with Crippen LogP contribution in [0.25, 0.3) is 0 Å². The van der Waals surface area contributed by atoms with Gasteiger partial charge in [-0.2, -0.15) is 0 Å². The summed E-state index contributed by atoms with van der Waals surface area (Å²) in [5.74, 6) is 0.830. The van der Waals surface area contributed by atoms with Crippen LogP contribution < -0.4 is 15.4 Å². The summed E-state index contributed by atoms with van der Waals surface area (Å²) < 4.78 is 6.00. The van der Waals surface area contributed by atoms with E-state index in [1.54, 1.807) is 13.1 Å². The van der Waals surface area contributed by atoms with Crippen LogP contribution in [0.3, 0.4) is 0 Å². The van der Waals surface area contributed by atoms with Gasteiger partial charge >= 0.3 is 0 Å². The molecule has 3 unspecified atom stereocenters. The van der Waals surface area contributed by atoms with Crippen molar-refractivity contribution in [3.63, 3.8) is 0 Å². The zero-order chi connectivity index (χ0) is 21.0. The molecular formula is C24H26N2O4. The summed E-state index contributed by atoms with van der Waals surface area (Å²) in [4.78, 5) is 25.6. The fraction of sp³-hybridized carbons (Fsp3) is 0.417. The van der Waals surface area contributed by atoms with Gasteiger partial charge in [0, 0.05) is 24.2 Å². The van der Waals surface area contributed by atoms with Crippen molar-refractivity contribution in [1.29, 1.82) is 0 Å². The van der Waals surface area contributed by atoms with Crippen LogP contribution in [0.2, 0.25) is 0 Å². The molecule has 2 fully saturated rings. The molecule has 3 N–H and O–H groups in total. The van der Waals surface area contributed by atoms with Gasteiger partial charge in [0.25, 0.3) is 11.8 Å². The van der Waals surface area contributed by atoms with Gasteiger partial charge in [-0.05, 0) is 49.3 Å². The number of aliphatic hydroxyl groups is 1. The number of amides is 2. The smallest absolute Gasteiger partial charge is 0.254 e. The van der Waals surface area contributed by atoms with Gasteiger partial charge in [0.15, 0.2) is 0 Å². The molecule has 30 heavy (non-hydrogen) atoms. The molecule has 2 amide bonds. The van der Waals surface area contributed by atoms with Gasteiger partial charge in [-0.3, -0.25) is 9.59 Å². The summed E-state index contributed by atoms with van der Waals surface area (Å²) >= 11 is 0. The maximum Gasteiger partial charge on any atom is 0.254 e. The Bertz CT molecular complexity index is 1010. The third-order valence-electron chi connectivity index (χ3n) is 7.05. The Morgan fingerprint density at radius 1 is 1.10 bits per heavy atom. The molecule has 2 aromatic carbocycles. The molecule has 0 saturated heterocycles. The SMILES string of the molecule is CNC(=O)c1cc(C(=O)NC2[C@H]3CC(O)C[C@@H]23)cc2c1OCC2(C)c1ccccc1. The molecular weight excluding hydrogens is 380 g/mol. The number of hydrogen-bond acceptors (Lipinski definition) is 4. The molecule has 1 heterocycles.